The molecule has 1 aliphatic rings. The van der Waals surface area contributed by atoms with Crippen LogP contribution in [0.4, 0.5) is 4.39 Å². The van der Waals surface area contributed by atoms with Crippen LogP contribution in [0.2, 0.25) is 0 Å². The molecule has 0 bridgehead atoms. The summed E-state index contributed by atoms with van der Waals surface area (Å²) in [6.45, 7) is 4.36. The topological polar surface area (TPSA) is 69.6 Å². The second-order valence-corrected chi connectivity index (χ2v) is 7.97. The van der Waals surface area contributed by atoms with E-state index in [1.807, 2.05) is 6.92 Å². The van der Waals surface area contributed by atoms with Crippen LogP contribution in [-0.4, -0.2) is 37.5 Å². The zero-order chi connectivity index (χ0) is 16.4. The molecule has 124 valence electrons. The molecule has 1 aromatic carbocycles. The molecule has 0 aromatic heterocycles. The van der Waals surface area contributed by atoms with Gasteiger partial charge in [-0.3, -0.25) is 0 Å². The molecule has 1 aromatic rings. The van der Waals surface area contributed by atoms with Crippen LogP contribution in [-0.2, 0) is 15.8 Å². The SMILES string of the molecule is CC1CCCN(S(=O)(=O)NCC(C)(O)c2ccc(F)cc2)C1. The zero-order valence-corrected chi connectivity index (χ0v) is 13.7. The van der Waals surface area contributed by atoms with Gasteiger partial charge in [-0.15, -0.1) is 0 Å². The molecule has 0 saturated carbocycles. The molecule has 2 unspecified atom stereocenters. The van der Waals surface area contributed by atoms with E-state index in [0.29, 0.717) is 24.6 Å². The maximum Gasteiger partial charge on any atom is 0.279 e. The number of benzene rings is 1. The summed E-state index contributed by atoms with van der Waals surface area (Å²) in [5.41, 5.74) is -0.939. The Morgan fingerprint density at radius 3 is 2.64 bits per heavy atom. The molecule has 1 aliphatic heterocycles. The highest BCUT2D eigenvalue weighted by atomic mass is 32.2. The molecule has 2 atom stereocenters. The highest BCUT2D eigenvalue weighted by Gasteiger charge is 2.30. The first-order chi connectivity index (χ1) is 10.2. The van der Waals surface area contributed by atoms with E-state index in [9.17, 15) is 17.9 Å². The molecule has 1 saturated heterocycles. The van der Waals surface area contributed by atoms with Crippen LogP contribution in [0.25, 0.3) is 0 Å². The Balaban J connectivity index is 2.02. The van der Waals surface area contributed by atoms with Crippen LogP contribution in [0.3, 0.4) is 0 Å². The predicted molar refractivity (Wildman–Crippen MR) is 82.9 cm³/mol. The Morgan fingerprint density at radius 2 is 2.05 bits per heavy atom. The van der Waals surface area contributed by atoms with Crippen molar-refractivity contribution < 1.29 is 17.9 Å². The fourth-order valence-electron chi connectivity index (χ4n) is 2.60. The summed E-state index contributed by atoms with van der Waals surface area (Å²) < 4.78 is 41.4. The van der Waals surface area contributed by atoms with Crippen LogP contribution < -0.4 is 4.72 Å². The molecule has 1 fully saturated rings. The van der Waals surface area contributed by atoms with Gasteiger partial charge in [-0.05, 0) is 43.4 Å². The maximum absolute atomic E-state index is 12.9. The number of halogens is 1. The summed E-state index contributed by atoms with van der Waals surface area (Å²) >= 11 is 0. The first-order valence-corrected chi connectivity index (χ1v) is 8.88. The first kappa shape index (κ1) is 17.3. The van der Waals surface area contributed by atoms with Gasteiger partial charge in [0.25, 0.3) is 10.2 Å². The molecule has 0 amide bonds. The molecular formula is C15H23FN2O3S. The molecule has 0 aliphatic carbocycles. The smallest absolute Gasteiger partial charge is 0.279 e. The normalized spacial score (nSPS) is 23.2. The lowest BCUT2D eigenvalue weighted by Gasteiger charge is -2.31. The first-order valence-electron chi connectivity index (χ1n) is 7.44. The minimum atomic E-state index is -3.62. The zero-order valence-electron chi connectivity index (χ0n) is 12.9. The standard InChI is InChI=1S/C15H23FN2O3S/c1-12-4-3-9-18(10-12)22(20,21)17-11-15(2,19)13-5-7-14(16)8-6-13/h5-8,12,17,19H,3-4,9-11H2,1-2H3. The van der Waals surface area contributed by atoms with E-state index in [0.717, 1.165) is 12.8 Å². The largest absolute Gasteiger partial charge is 0.384 e. The monoisotopic (exact) mass is 330 g/mol. The minimum absolute atomic E-state index is 0.161. The molecule has 22 heavy (non-hydrogen) atoms. The van der Waals surface area contributed by atoms with Crippen molar-refractivity contribution in [3.63, 3.8) is 0 Å². The lowest BCUT2D eigenvalue weighted by Crippen LogP contribution is -2.48. The van der Waals surface area contributed by atoms with Crippen molar-refractivity contribution in [2.45, 2.75) is 32.3 Å². The van der Waals surface area contributed by atoms with Crippen molar-refractivity contribution in [2.75, 3.05) is 19.6 Å². The van der Waals surface area contributed by atoms with E-state index in [-0.39, 0.29) is 6.54 Å². The molecule has 2 rings (SSSR count). The van der Waals surface area contributed by atoms with E-state index in [1.165, 1.54) is 35.5 Å². The molecule has 7 heteroatoms. The average molecular weight is 330 g/mol. The minimum Gasteiger partial charge on any atom is -0.384 e. The summed E-state index contributed by atoms with van der Waals surface area (Å²) in [7, 11) is -3.62. The number of nitrogens with zero attached hydrogens (tertiary/aromatic N) is 1. The number of aliphatic hydroxyl groups is 1. The summed E-state index contributed by atoms with van der Waals surface area (Å²) in [5, 5.41) is 10.4. The van der Waals surface area contributed by atoms with Crippen LogP contribution in [0.5, 0.6) is 0 Å². The quantitative estimate of drug-likeness (QED) is 0.861. The third-order valence-electron chi connectivity index (χ3n) is 4.02. The maximum atomic E-state index is 12.9. The van der Waals surface area contributed by atoms with Gasteiger partial charge in [-0.1, -0.05) is 19.1 Å². The van der Waals surface area contributed by atoms with Gasteiger partial charge in [0.05, 0.1) is 0 Å². The van der Waals surface area contributed by atoms with E-state index in [2.05, 4.69) is 4.72 Å². The van der Waals surface area contributed by atoms with Crippen LogP contribution >= 0.6 is 0 Å². The summed E-state index contributed by atoms with van der Waals surface area (Å²) in [6.07, 6.45) is 1.87. The third-order valence-corrected chi connectivity index (χ3v) is 5.55. The number of rotatable bonds is 5. The third kappa shape index (κ3) is 4.25. The van der Waals surface area contributed by atoms with Gasteiger partial charge >= 0.3 is 0 Å². The molecule has 1 heterocycles. The molecule has 2 N–H and O–H groups in total. The number of hydrogen-bond donors (Lipinski definition) is 2. The molecule has 0 spiro atoms. The summed E-state index contributed by atoms with van der Waals surface area (Å²) in [6, 6.07) is 5.38. The number of hydrogen-bond acceptors (Lipinski definition) is 3. The Labute approximate surface area is 131 Å². The van der Waals surface area contributed by atoms with Crippen molar-refractivity contribution in [3.05, 3.63) is 35.6 Å². The Hall–Kier alpha value is -1.02. The number of nitrogens with one attached hydrogen (secondary N) is 1. The van der Waals surface area contributed by atoms with Crippen LogP contribution in [0, 0.1) is 11.7 Å². The molecule has 5 nitrogen and oxygen atoms in total. The second kappa shape index (κ2) is 6.62. The van der Waals surface area contributed by atoms with Crippen molar-refractivity contribution in [2.24, 2.45) is 5.92 Å². The van der Waals surface area contributed by atoms with Crippen LogP contribution in [0.15, 0.2) is 24.3 Å². The Kier molecular flexibility index (Phi) is 5.21. The van der Waals surface area contributed by atoms with Crippen molar-refractivity contribution in [1.82, 2.24) is 9.03 Å². The van der Waals surface area contributed by atoms with E-state index >= 15 is 0 Å². The van der Waals surface area contributed by atoms with Gasteiger partial charge in [-0.2, -0.15) is 17.4 Å². The predicted octanol–water partition coefficient (Wildman–Crippen LogP) is 1.60. The van der Waals surface area contributed by atoms with E-state index in [1.54, 1.807) is 0 Å². The Morgan fingerprint density at radius 1 is 1.41 bits per heavy atom. The Bertz CT molecular complexity index is 602. The summed E-state index contributed by atoms with van der Waals surface area (Å²) in [4.78, 5) is 0. The van der Waals surface area contributed by atoms with Gasteiger partial charge in [0.1, 0.15) is 11.4 Å². The molecule has 0 radical (unpaired) electrons. The van der Waals surface area contributed by atoms with Gasteiger partial charge in [0.2, 0.25) is 0 Å². The average Bonchev–Trinajstić information content (AvgIpc) is 2.46. The number of piperidine rings is 1. The highest BCUT2D eigenvalue weighted by Crippen LogP contribution is 2.22. The van der Waals surface area contributed by atoms with Gasteiger partial charge in [0.15, 0.2) is 0 Å². The summed E-state index contributed by atoms with van der Waals surface area (Å²) in [5.74, 6) is -0.0645. The van der Waals surface area contributed by atoms with Crippen molar-refractivity contribution >= 4 is 10.2 Å². The highest BCUT2D eigenvalue weighted by molar-refractivity contribution is 7.87. The van der Waals surface area contributed by atoms with Gasteiger partial charge in [0, 0.05) is 19.6 Å². The van der Waals surface area contributed by atoms with Gasteiger partial charge in [-0.25, -0.2) is 4.39 Å². The van der Waals surface area contributed by atoms with Gasteiger partial charge < -0.3 is 5.11 Å². The van der Waals surface area contributed by atoms with Crippen LogP contribution in [0.1, 0.15) is 32.3 Å². The fourth-order valence-corrected chi connectivity index (χ4v) is 4.06. The van der Waals surface area contributed by atoms with E-state index < -0.39 is 21.6 Å². The van der Waals surface area contributed by atoms with E-state index in [4.69, 9.17) is 0 Å². The molecular weight excluding hydrogens is 307 g/mol. The van der Waals surface area contributed by atoms with Crippen molar-refractivity contribution in [1.29, 1.82) is 0 Å². The fraction of sp³-hybridized carbons (Fsp3) is 0.600. The lowest BCUT2D eigenvalue weighted by molar-refractivity contribution is 0.0620. The second-order valence-electron chi connectivity index (χ2n) is 6.21. The van der Waals surface area contributed by atoms with Crippen molar-refractivity contribution in [3.8, 4) is 0 Å². The lowest BCUT2D eigenvalue weighted by atomic mass is 9.96.